The largest absolute Gasteiger partial charge is 0.383 e. The molecule has 0 amide bonds. The monoisotopic (exact) mass is 346 g/mol. The molecule has 2 aromatic rings. The number of rotatable bonds is 6. The molecule has 0 aromatic carbocycles. The van der Waals surface area contributed by atoms with E-state index >= 15 is 0 Å². The average molecular weight is 347 g/mol. The molecule has 5 nitrogen and oxygen atoms in total. The standard InChI is InChI=1S/C18H26N4OS/c1-14-11-21(12-15(2)22(14)7-8-23-3)13-17-10-20-18(24-17)16-5-4-6-19-9-16/h4-6,9-10,14-15H,7-8,11-13H2,1-3H3. The van der Waals surface area contributed by atoms with Crippen molar-refractivity contribution in [1.82, 2.24) is 19.8 Å². The first-order valence-corrected chi connectivity index (χ1v) is 9.31. The molecule has 2 aromatic heterocycles. The van der Waals surface area contributed by atoms with E-state index in [-0.39, 0.29) is 0 Å². The maximum Gasteiger partial charge on any atom is 0.125 e. The van der Waals surface area contributed by atoms with E-state index in [9.17, 15) is 0 Å². The normalized spacial score (nSPS) is 22.8. The number of piperazine rings is 1. The Kier molecular flexibility index (Phi) is 5.94. The van der Waals surface area contributed by atoms with Gasteiger partial charge < -0.3 is 4.74 Å². The zero-order valence-corrected chi connectivity index (χ0v) is 15.5. The minimum atomic E-state index is 0.551. The maximum atomic E-state index is 5.24. The van der Waals surface area contributed by atoms with Crippen molar-refractivity contribution in [3.63, 3.8) is 0 Å². The molecule has 0 bridgehead atoms. The van der Waals surface area contributed by atoms with Crippen LogP contribution in [-0.4, -0.2) is 65.2 Å². The fourth-order valence-corrected chi connectivity index (χ4v) is 4.40. The van der Waals surface area contributed by atoms with E-state index in [0.717, 1.165) is 43.4 Å². The number of methoxy groups -OCH3 is 1. The molecule has 130 valence electrons. The fraction of sp³-hybridized carbons (Fsp3) is 0.556. The lowest BCUT2D eigenvalue weighted by atomic mass is 10.1. The Morgan fingerprint density at radius 1 is 1.25 bits per heavy atom. The second kappa shape index (κ2) is 8.16. The van der Waals surface area contributed by atoms with E-state index < -0.39 is 0 Å². The number of nitrogens with zero attached hydrogens (tertiary/aromatic N) is 4. The number of hydrogen-bond acceptors (Lipinski definition) is 6. The number of hydrogen-bond donors (Lipinski definition) is 0. The third kappa shape index (κ3) is 4.19. The van der Waals surface area contributed by atoms with Crippen molar-refractivity contribution in [3.8, 4) is 10.6 Å². The molecule has 1 saturated heterocycles. The van der Waals surface area contributed by atoms with Crippen LogP contribution in [0.3, 0.4) is 0 Å². The third-order valence-corrected chi connectivity index (χ3v) is 5.60. The highest BCUT2D eigenvalue weighted by Gasteiger charge is 2.29. The summed E-state index contributed by atoms with van der Waals surface area (Å²) in [5, 5.41) is 1.05. The Labute approximate surface area is 148 Å². The minimum Gasteiger partial charge on any atom is -0.383 e. The van der Waals surface area contributed by atoms with Crippen molar-refractivity contribution in [3.05, 3.63) is 35.6 Å². The summed E-state index contributed by atoms with van der Waals surface area (Å²) in [6.07, 6.45) is 5.69. The van der Waals surface area contributed by atoms with Gasteiger partial charge >= 0.3 is 0 Å². The molecule has 1 fully saturated rings. The van der Waals surface area contributed by atoms with Crippen molar-refractivity contribution in [2.24, 2.45) is 0 Å². The molecule has 2 atom stereocenters. The second-order valence-electron chi connectivity index (χ2n) is 6.50. The van der Waals surface area contributed by atoms with Crippen LogP contribution in [0.4, 0.5) is 0 Å². The van der Waals surface area contributed by atoms with Gasteiger partial charge in [0.1, 0.15) is 5.01 Å². The molecule has 1 aliphatic rings. The zero-order chi connectivity index (χ0) is 16.9. The van der Waals surface area contributed by atoms with Gasteiger partial charge in [0.25, 0.3) is 0 Å². The van der Waals surface area contributed by atoms with Crippen molar-refractivity contribution >= 4 is 11.3 Å². The molecule has 0 aliphatic carbocycles. The summed E-state index contributed by atoms with van der Waals surface area (Å²) < 4.78 is 5.24. The lowest BCUT2D eigenvalue weighted by molar-refractivity contribution is 0.0182. The first kappa shape index (κ1) is 17.5. The molecule has 0 saturated carbocycles. The van der Waals surface area contributed by atoms with Gasteiger partial charge in [-0.2, -0.15) is 0 Å². The van der Waals surface area contributed by atoms with E-state index in [4.69, 9.17) is 4.74 Å². The summed E-state index contributed by atoms with van der Waals surface area (Å²) >= 11 is 1.77. The minimum absolute atomic E-state index is 0.551. The summed E-state index contributed by atoms with van der Waals surface area (Å²) in [6, 6.07) is 5.12. The second-order valence-corrected chi connectivity index (χ2v) is 7.61. The number of aromatic nitrogens is 2. The fourth-order valence-electron chi connectivity index (χ4n) is 3.46. The van der Waals surface area contributed by atoms with Crippen LogP contribution >= 0.6 is 11.3 Å². The van der Waals surface area contributed by atoms with Gasteiger partial charge in [-0.1, -0.05) is 0 Å². The van der Waals surface area contributed by atoms with Crippen molar-refractivity contribution in [1.29, 1.82) is 0 Å². The van der Waals surface area contributed by atoms with E-state index in [2.05, 4.69) is 39.7 Å². The number of pyridine rings is 1. The van der Waals surface area contributed by atoms with Crippen LogP contribution in [0.1, 0.15) is 18.7 Å². The summed E-state index contributed by atoms with van der Waals surface area (Å²) in [5.41, 5.74) is 1.10. The third-order valence-electron chi connectivity index (χ3n) is 4.57. The van der Waals surface area contributed by atoms with Gasteiger partial charge in [-0.3, -0.25) is 14.8 Å². The number of thiazole rings is 1. The number of ether oxygens (including phenoxy) is 1. The van der Waals surface area contributed by atoms with Gasteiger partial charge in [-0.25, -0.2) is 4.98 Å². The summed E-state index contributed by atoms with van der Waals surface area (Å²) in [6.45, 7) is 9.60. The van der Waals surface area contributed by atoms with E-state index in [0.29, 0.717) is 12.1 Å². The molecular formula is C18H26N4OS. The highest BCUT2D eigenvalue weighted by molar-refractivity contribution is 7.15. The summed E-state index contributed by atoms with van der Waals surface area (Å²) in [4.78, 5) is 15.2. The molecule has 0 radical (unpaired) electrons. The Morgan fingerprint density at radius 2 is 2.04 bits per heavy atom. The first-order chi connectivity index (χ1) is 11.7. The van der Waals surface area contributed by atoms with Crippen LogP contribution in [0.15, 0.2) is 30.7 Å². The highest BCUT2D eigenvalue weighted by Crippen LogP contribution is 2.26. The quantitative estimate of drug-likeness (QED) is 0.804. The lowest BCUT2D eigenvalue weighted by Crippen LogP contribution is -2.56. The van der Waals surface area contributed by atoms with Gasteiger partial charge in [0.05, 0.1) is 6.61 Å². The molecule has 1 aliphatic heterocycles. The van der Waals surface area contributed by atoms with Crippen molar-refractivity contribution in [2.45, 2.75) is 32.5 Å². The van der Waals surface area contributed by atoms with Crippen molar-refractivity contribution < 1.29 is 4.74 Å². The zero-order valence-electron chi connectivity index (χ0n) is 14.7. The van der Waals surface area contributed by atoms with Crippen LogP contribution in [0.25, 0.3) is 10.6 Å². The van der Waals surface area contributed by atoms with Gasteiger partial charge in [0, 0.05) is 74.4 Å². The molecule has 0 spiro atoms. The summed E-state index contributed by atoms with van der Waals surface area (Å²) in [7, 11) is 1.77. The Balaban J connectivity index is 1.60. The topological polar surface area (TPSA) is 41.5 Å². The predicted molar refractivity (Wildman–Crippen MR) is 98.1 cm³/mol. The van der Waals surface area contributed by atoms with Crippen LogP contribution in [0, 0.1) is 0 Å². The Morgan fingerprint density at radius 3 is 2.71 bits per heavy atom. The van der Waals surface area contributed by atoms with E-state index in [1.165, 1.54) is 4.88 Å². The van der Waals surface area contributed by atoms with E-state index in [1.807, 2.05) is 18.5 Å². The molecule has 6 heteroatoms. The maximum absolute atomic E-state index is 5.24. The van der Waals surface area contributed by atoms with Gasteiger partial charge in [-0.15, -0.1) is 11.3 Å². The first-order valence-electron chi connectivity index (χ1n) is 8.49. The van der Waals surface area contributed by atoms with Crippen molar-refractivity contribution in [2.75, 3.05) is 33.4 Å². The van der Waals surface area contributed by atoms with Crippen LogP contribution < -0.4 is 0 Å². The lowest BCUT2D eigenvalue weighted by Gasteiger charge is -2.44. The molecule has 3 rings (SSSR count). The smallest absolute Gasteiger partial charge is 0.125 e. The van der Waals surface area contributed by atoms with Crippen LogP contribution in [0.2, 0.25) is 0 Å². The SMILES string of the molecule is COCCN1C(C)CN(Cc2cnc(-c3cccnc3)s2)CC1C. The Hall–Kier alpha value is -1.34. The van der Waals surface area contributed by atoms with Crippen LogP contribution in [-0.2, 0) is 11.3 Å². The Bertz CT molecular complexity index is 621. The molecular weight excluding hydrogens is 320 g/mol. The molecule has 3 heterocycles. The molecule has 24 heavy (non-hydrogen) atoms. The van der Waals surface area contributed by atoms with Gasteiger partial charge in [-0.05, 0) is 26.0 Å². The van der Waals surface area contributed by atoms with Gasteiger partial charge in [0.15, 0.2) is 0 Å². The van der Waals surface area contributed by atoms with Crippen LogP contribution in [0.5, 0.6) is 0 Å². The average Bonchev–Trinajstić information content (AvgIpc) is 3.03. The summed E-state index contributed by atoms with van der Waals surface area (Å²) in [5.74, 6) is 0. The molecule has 0 N–H and O–H groups in total. The highest BCUT2D eigenvalue weighted by atomic mass is 32.1. The predicted octanol–water partition coefficient (Wildman–Crippen LogP) is 2.75. The van der Waals surface area contributed by atoms with Gasteiger partial charge in [0.2, 0.25) is 0 Å². The van der Waals surface area contributed by atoms with E-state index in [1.54, 1.807) is 24.6 Å². The molecule has 2 unspecified atom stereocenters.